The zero-order valence-electron chi connectivity index (χ0n) is 46.4. The summed E-state index contributed by atoms with van der Waals surface area (Å²) in [5.74, 6) is -8.15. The predicted octanol–water partition coefficient (Wildman–Crippen LogP) is -0.974. The molecule has 0 saturated carbocycles. The highest BCUT2D eigenvalue weighted by Gasteiger charge is 2.34. The molecule has 2 aromatic heterocycles. The monoisotopic (exact) mass is 1110 g/mol. The molecule has 0 saturated heterocycles. The van der Waals surface area contributed by atoms with Gasteiger partial charge in [0.25, 0.3) is 0 Å². The van der Waals surface area contributed by atoms with Gasteiger partial charge in [0, 0.05) is 48.3 Å². The van der Waals surface area contributed by atoms with Gasteiger partial charge in [-0.2, -0.15) is 0 Å². The van der Waals surface area contributed by atoms with E-state index >= 15 is 0 Å². The fraction of sp³-hybridized carbons (Fsp3) is 0.509. The molecule has 2 aromatic carbocycles. The Morgan fingerprint density at radius 2 is 1.23 bits per heavy atom. The van der Waals surface area contributed by atoms with Crippen molar-refractivity contribution in [1.29, 1.82) is 0 Å². The topological polar surface area (TPSA) is 410 Å². The lowest BCUT2D eigenvalue weighted by Gasteiger charge is -2.28. The second-order valence-electron chi connectivity index (χ2n) is 21.2. The van der Waals surface area contributed by atoms with E-state index in [1.54, 1.807) is 50.4 Å². The van der Waals surface area contributed by atoms with Crippen LogP contribution in [-0.4, -0.2) is 140 Å². The largest absolute Gasteiger partial charge is 0.390 e. The standard InChI is InChI=1S/C55H80N14O11/c1-29(2)19-40(44(70)24-46(72)64-41(49(58)74)20-30(3)4)67-54(79)43(23-35-26-59-28-62-35)65-47(73)27-61-55(80)48(31(5)6)69-50(75)32(7)63-53(78)42(22-34-25-60-38-16-12-11-15-36(34)38)68-52(77)39(17-18-45(57)71)66-51(76)37(56)21-33-13-9-8-10-14-33/h8-16,25-26,28-32,37,39-44,48,60,70H,17-24,27,56H2,1-7H3,(H2,57,71)(H2,58,74)(H,59,62)(H,61,80)(H,63,78)(H,64,72)(H,65,73)(H,66,76)(H,67,79)(H,68,77)(H,69,75)/t32-,37+,39-,40-,41-,42-,43-,44-,48-/m0/s1. The molecule has 0 aliphatic rings. The summed E-state index contributed by atoms with van der Waals surface area (Å²) in [5, 5.41) is 32.9. The first kappa shape index (κ1) is 64.3. The first-order valence-electron chi connectivity index (χ1n) is 26.8. The van der Waals surface area contributed by atoms with E-state index in [-0.39, 0.29) is 56.8 Å². The number of nitrogens with one attached hydrogen (secondary N) is 10. The third-order valence-electron chi connectivity index (χ3n) is 13.0. The second kappa shape index (κ2) is 31.4. The summed E-state index contributed by atoms with van der Waals surface area (Å²) >= 11 is 0. The fourth-order valence-corrected chi connectivity index (χ4v) is 8.74. The van der Waals surface area contributed by atoms with Gasteiger partial charge in [-0.15, -0.1) is 0 Å². The van der Waals surface area contributed by atoms with Crippen LogP contribution in [0.15, 0.2) is 73.3 Å². The molecule has 0 radical (unpaired) electrons. The number of hydrogen-bond donors (Lipinski definition) is 14. The molecule has 0 aliphatic carbocycles. The molecule has 436 valence electrons. The lowest BCUT2D eigenvalue weighted by Crippen LogP contribution is -2.59. The summed E-state index contributed by atoms with van der Waals surface area (Å²) in [7, 11) is 0. The summed E-state index contributed by atoms with van der Waals surface area (Å²) in [6.07, 6.45) is 2.57. The van der Waals surface area contributed by atoms with Gasteiger partial charge in [-0.05, 0) is 67.6 Å². The minimum atomic E-state index is -1.40. The van der Waals surface area contributed by atoms with Crippen molar-refractivity contribution in [2.45, 2.75) is 154 Å². The van der Waals surface area contributed by atoms with Crippen molar-refractivity contribution >= 4 is 70.0 Å². The van der Waals surface area contributed by atoms with Crippen LogP contribution in [0.25, 0.3) is 10.9 Å². The van der Waals surface area contributed by atoms with Crippen molar-refractivity contribution in [2.24, 2.45) is 35.0 Å². The predicted molar refractivity (Wildman–Crippen MR) is 297 cm³/mol. The third-order valence-corrected chi connectivity index (χ3v) is 13.0. The molecule has 17 N–H and O–H groups in total. The molecule has 4 rings (SSSR count). The Hall–Kier alpha value is -8.19. The van der Waals surface area contributed by atoms with E-state index in [9.17, 15) is 53.1 Å². The molecule has 0 bridgehead atoms. The van der Waals surface area contributed by atoms with Crippen molar-refractivity contribution < 1.29 is 53.1 Å². The first-order chi connectivity index (χ1) is 37.8. The zero-order valence-corrected chi connectivity index (χ0v) is 46.4. The number of aliphatic hydroxyl groups is 1. The molecule has 80 heavy (non-hydrogen) atoms. The van der Waals surface area contributed by atoms with Crippen LogP contribution in [0.5, 0.6) is 0 Å². The number of H-pyrrole nitrogens is 2. The van der Waals surface area contributed by atoms with Crippen LogP contribution in [-0.2, 0) is 67.2 Å². The average molecular weight is 1110 g/mol. The van der Waals surface area contributed by atoms with E-state index < -0.39 is 132 Å². The number of amides is 10. The molecule has 0 fully saturated rings. The fourth-order valence-electron chi connectivity index (χ4n) is 8.74. The van der Waals surface area contributed by atoms with E-state index in [1.807, 2.05) is 52.0 Å². The number of nitrogens with zero attached hydrogens (tertiary/aromatic N) is 1. The molecule has 0 spiro atoms. The highest BCUT2D eigenvalue weighted by atomic mass is 16.3. The lowest BCUT2D eigenvalue weighted by atomic mass is 9.96. The number of hydrogen-bond acceptors (Lipinski definition) is 13. The van der Waals surface area contributed by atoms with Crippen LogP contribution in [0.1, 0.15) is 97.4 Å². The summed E-state index contributed by atoms with van der Waals surface area (Å²) in [5.41, 5.74) is 19.7. The number of carbonyl (C=O) groups excluding carboxylic acids is 10. The van der Waals surface area contributed by atoms with Gasteiger partial charge < -0.3 is 74.8 Å². The first-order valence-corrected chi connectivity index (χ1v) is 26.8. The lowest BCUT2D eigenvalue weighted by molar-refractivity contribution is -0.135. The van der Waals surface area contributed by atoms with Crippen LogP contribution in [0.2, 0.25) is 0 Å². The van der Waals surface area contributed by atoms with E-state index in [2.05, 4.69) is 57.5 Å². The maximum Gasteiger partial charge on any atom is 0.243 e. The smallest absolute Gasteiger partial charge is 0.243 e. The Balaban J connectivity index is 1.44. The Kier molecular flexibility index (Phi) is 25.3. The van der Waals surface area contributed by atoms with Gasteiger partial charge in [-0.3, -0.25) is 47.9 Å². The van der Waals surface area contributed by atoms with Crippen molar-refractivity contribution in [3.8, 4) is 0 Å². The van der Waals surface area contributed by atoms with Gasteiger partial charge in [0.15, 0.2) is 0 Å². The van der Waals surface area contributed by atoms with Gasteiger partial charge in [-0.25, -0.2) is 4.98 Å². The van der Waals surface area contributed by atoms with Crippen LogP contribution >= 0.6 is 0 Å². The summed E-state index contributed by atoms with van der Waals surface area (Å²) < 4.78 is 0. The van der Waals surface area contributed by atoms with Gasteiger partial charge in [-0.1, -0.05) is 90.1 Å². The molecule has 9 atom stereocenters. The van der Waals surface area contributed by atoms with Crippen molar-refractivity contribution in [2.75, 3.05) is 6.54 Å². The number of imidazole rings is 1. The van der Waals surface area contributed by atoms with E-state index in [4.69, 9.17) is 17.2 Å². The average Bonchev–Trinajstić information content (AvgIpc) is 4.07. The van der Waals surface area contributed by atoms with Crippen molar-refractivity contribution in [1.82, 2.24) is 57.5 Å². The number of benzene rings is 2. The number of aromatic amines is 2. The summed E-state index contributed by atoms with van der Waals surface area (Å²) in [6, 6.07) is 6.66. The minimum absolute atomic E-state index is 0.0344. The van der Waals surface area contributed by atoms with Gasteiger partial charge >= 0.3 is 0 Å². The molecular formula is C55H80N14O11. The number of aromatic nitrogens is 3. The highest BCUT2D eigenvalue weighted by Crippen LogP contribution is 2.20. The number of para-hydroxylation sites is 1. The van der Waals surface area contributed by atoms with Gasteiger partial charge in [0.1, 0.15) is 36.3 Å². The second-order valence-corrected chi connectivity index (χ2v) is 21.2. The molecule has 25 heteroatoms. The van der Waals surface area contributed by atoms with Gasteiger partial charge in [0.05, 0.1) is 37.5 Å². The number of aliphatic hydroxyl groups excluding tert-OH is 1. The van der Waals surface area contributed by atoms with E-state index in [0.717, 1.165) is 16.5 Å². The number of nitrogens with two attached hydrogens (primary N) is 3. The number of carbonyl (C=O) groups is 10. The molecule has 2 heterocycles. The van der Waals surface area contributed by atoms with E-state index in [0.29, 0.717) is 11.3 Å². The normalized spacial score (nSPS) is 14.8. The molecular weight excluding hydrogens is 1030 g/mol. The maximum absolute atomic E-state index is 14.2. The zero-order chi connectivity index (χ0) is 59.2. The third kappa shape index (κ3) is 21.2. The quantitative estimate of drug-likeness (QED) is 0.0273. The molecule has 10 amide bonds. The van der Waals surface area contributed by atoms with Crippen LogP contribution in [0, 0.1) is 17.8 Å². The SMILES string of the molecule is CC(C)C[C@H](NC(=O)C[C@H](O)[C@H](CC(C)C)NC(=O)[C@H](Cc1cnc[nH]1)NC(=O)CNC(=O)[C@@H](NC(=O)[C@H](C)NC(=O)[C@H](Cc1c[nH]c2ccccc12)NC(=O)[C@H](CCC(N)=O)NC(=O)[C@H](N)Cc1ccccc1)C(C)C)C(N)=O. The van der Waals surface area contributed by atoms with Crippen LogP contribution < -0.4 is 59.7 Å². The Morgan fingerprint density at radius 3 is 1.85 bits per heavy atom. The van der Waals surface area contributed by atoms with Crippen LogP contribution in [0.4, 0.5) is 0 Å². The van der Waals surface area contributed by atoms with Crippen molar-refractivity contribution in [3.05, 3.63) is 90.1 Å². The highest BCUT2D eigenvalue weighted by molar-refractivity contribution is 5.97. The maximum atomic E-state index is 14.2. The Labute approximate surface area is 465 Å². The Morgan fingerprint density at radius 1 is 0.613 bits per heavy atom. The number of fused-ring (bicyclic) bond motifs is 1. The number of rotatable bonds is 33. The van der Waals surface area contributed by atoms with E-state index in [1.165, 1.54) is 19.4 Å². The van der Waals surface area contributed by atoms with Gasteiger partial charge in [0.2, 0.25) is 59.1 Å². The summed E-state index contributed by atoms with van der Waals surface area (Å²) in [4.78, 5) is 143. The summed E-state index contributed by atoms with van der Waals surface area (Å²) in [6.45, 7) is 11.4. The number of primary amides is 2. The molecule has 4 aromatic rings. The molecule has 25 nitrogen and oxygen atoms in total. The molecule has 0 unspecified atom stereocenters. The van der Waals surface area contributed by atoms with Crippen LogP contribution in [0.3, 0.4) is 0 Å². The minimum Gasteiger partial charge on any atom is -0.390 e. The molecule has 0 aliphatic heterocycles. The van der Waals surface area contributed by atoms with Crippen molar-refractivity contribution in [3.63, 3.8) is 0 Å². The Bertz CT molecular complexity index is 2730.